The number of carbonyl (C=O) groups is 2. The Morgan fingerprint density at radius 1 is 1.35 bits per heavy atom. The van der Waals surface area contributed by atoms with Crippen molar-refractivity contribution < 1.29 is 24.2 Å². The van der Waals surface area contributed by atoms with E-state index >= 15 is 0 Å². The maximum Gasteiger partial charge on any atom is 0.337 e. The highest BCUT2D eigenvalue weighted by atomic mass is 35.5. The number of β-amino-alcohol motifs (C(OH)–C–C–N with tert-alkyl or cyclic N) is 1. The van der Waals surface area contributed by atoms with Crippen molar-refractivity contribution in [1.29, 1.82) is 0 Å². The number of hydrogen-bond donors (Lipinski definition) is 2. The molecule has 7 nitrogen and oxygen atoms in total. The predicted molar refractivity (Wildman–Crippen MR) is 98.6 cm³/mol. The Morgan fingerprint density at radius 3 is 2.62 bits per heavy atom. The molecule has 142 valence electrons. The monoisotopic (exact) mass is 402 g/mol. The lowest BCUT2D eigenvalue weighted by molar-refractivity contribution is -0.136. The second kappa shape index (κ2) is 8.62. The van der Waals surface area contributed by atoms with Crippen LogP contribution in [0.5, 0.6) is 5.75 Å². The summed E-state index contributed by atoms with van der Waals surface area (Å²) in [5, 5.41) is 12.6. The molecule has 26 heavy (non-hydrogen) atoms. The number of amides is 1. The zero-order valence-corrected chi connectivity index (χ0v) is 16.1. The molecule has 1 aromatic rings. The first kappa shape index (κ1) is 20.4. The lowest BCUT2D eigenvalue weighted by Crippen LogP contribution is -2.31. The molecule has 0 saturated heterocycles. The molecular formula is C17H20Cl2N2O5. The highest BCUT2D eigenvalue weighted by Gasteiger charge is 2.34. The van der Waals surface area contributed by atoms with Crippen molar-refractivity contribution in [3.8, 4) is 5.75 Å². The minimum absolute atomic E-state index is 0.0367. The average Bonchev–Trinajstić information content (AvgIpc) is 2.88. The van der Waals surface area contributed by atoms with E-state index in [1.165, 1.54) is 18.1 Å². The smallest absolute Gasteiger partial charge is 0.337 e. The molecule has 0 saturated carbocycles. The number of methoxy groups -OCH3 is 1. The van der Waals surface area contributed by atoms with Crippen LogP contribution >= 0.6 is 23.2 Å². The molecule has 2 rings (SSSR count). The average molecular weight is 403 g/mol. The third kappa shape index (κ3) is 4.41. The molecule has 1 aliphatic heterocycles. The fraction of sp³-hybridized carbons (Fsp3) is 0.412. The van der Waals surface area contributed by atoms with Crippen LogP contribution in [0.3, 0.4) is 0 Å². The third-order valence-corrected chi connectivity index (χ3v) is 4.21. The molecule has 1 aromatic carbocycles. The fourth-order valence-corrected chi connectivity index (χ4v) is 2.93. The van der Waals surface area contributed by atoms with Gasteiger partial charge in [0.15, 0.2) is 0 Å². The van der Waals surface area contributed by atoms with Gasteiger partial charge >= 0.3 is 5.97 Å². The molecule has 0 radical (unpaired) electrons. The zero-order valence-electron chi connectivity index (χ0n) is 14.6. The zero-order chi connectivity index (χ0) is 19.4. The molecule has 0 unspecified atom stereocenters. The van der Waals surface area contributed by atoms with Gasteiger partial charge in [0, 0.05) is 12.6 Å². The van der Waals surface area contributed by atoms with Crippen LogP contribution in [0.2, 0.25) is 10.0 Å². The number of rotatable bonds is 7. The number of hydrogen-bond acceptors (Lipinski definition) is 6. The highest BCUT2D eigenvalue weighted by molar-refractivity contribution is 6.37. The number of halogens is 2. The fourth-order valence-electron chi connectivity index (χ4n) is 2.45. The van der Waals surface area contributed by atoms with Crippen molar-refractivity contribution in [2.45, 2.75) is 20.0 Å². The van der Waals surface area contributed by atoms with E-state index < -0.39 is 11.9 Å². The van der Waals surface area contributed by atoms with E-state index in [9.17, 15) is 9.59 Å². The van der Waals surface area contributed by atoms with Crippen molar-refractivity contribution in [2.75, 3.05) is 32.1 Å². The third-order valence-electron chi connectivity index (χ3n) is 3.60. The van der Waals surface area contributed by atoms with Crippen LogP contribution in [0.4, 0.5) is 5.69 Å². The predicted octanol–water partition coefficient (Wildman–Crippen LogP) is 2.45. The van der Waals surface area contributed by atoms with Gasteiger partial charge in [0.1, 0.15) is 11.4 Å². The minimum Gasteiger partial charge on any atom is -0.489 e. The summed E-state index contributed by atoms with van der Waals surface area (Å²) < 4.78 is 10.4. The summed E-state index contributed by atoms with van der Waals surface area (Å²) in [7, 11) is 1.23. The van der Waals surface area contributed by atoms with Crippen molar-refractivity contribution in [3.05, 3.63) is 33.4 Å². The number of anilines is 1. The molecule has 0 bridgehead atoms. The van der Waals surface area contributed by atoms with Gasteiger partial charge in [-0.2, -0.15) is 0 Å². The first-order valence-electron chi connectivity index (χ1n) is 7.92. The molecule has 0 spiro atoms. The number of ether oxygens (including phenoxy) is 2. The van der Waals surface area contributed by atoms with Gasteiger partial charge in [-0.15, -0.1) is 0 Å². The summed E-state index contributed by atoms with van der Waals surface area (Å²) in [6.45, 7) is 3.61. The largest absolute Gasteiger partial charge is 0.489 e. The topological polar surface area (TPSA) is 88.1 Å². The Morgan fingerprint density at radius 2 is 2.04 bits per heavy atom. The van der Waals surface area contributed by atoms with Gasteiger partial charge in [0.2, 0.25) is 0 Å². The molecule has 0 atom stereocenters. The van der Waals surface area contributed by atoms with E-state index in [2.05, 4.69) is 5.32 Å². The number of nitrogens with one attached hydrogen (secondary N) is 1. The molecule has 0 fully saturated rings. The first-order valence-corrected chi connectivity index (χ1v) is 8.68. The van der Waals surface area contributed by atoms with Gasteiger partial charge in [-0.25, -0.2) is 4.79 Å². The van der Waals surface area contributed by atoms with E-state index in [-0.39, 0.29) is 42.1 Å². The van der Waals surface area contributed by atoms with E-state index in [1.807, 2.05) is 13.8 Å². The van der Waals surface area contributed by atoms with Gasteiger partial charge in [-0.1, -0.05) is 23.2 Å². The normalized spacial score (nSPS) is 14.3. The molecule has 0 aliphatic carbocycles. The van der Waals surface area contributed by atoms with E-state index in [4.69, 9.17) is 37.8 Å². The number of carbonyl (C=O) groups excluding carboxylic acids is 2. The lowest BCUT2D eigenvalue weighted by atomic mass is 10.2. The van der Waals surface area contributed by atoms with Crippen molar-refractivity contribution in [1.82, 2.24) is 4.90 Å². The standard InChI is InChI=1S/C17H20Cl2N2O5/c1-9(2)26-14-7-13(11(18)6-12(14)19)20-15-10(17(24)25-3)8-21(4-5-22)16(15)23/h6-7,9,20,22H,4-5,8H2,1-3H3. The van der Waals surface area contributed by atoms with Gasteiger partial charge in [0.05, 0.1) is 47.7 Å². The SMILES string of the molecule is COC(=O)C1=C(Nc2cc(OC(C)C)c(Cl)cc2Cl)C(=O)N(CCO)C1. The highest BCUT2D eigenvalue weighted by Crippen LogP contribution is 2.36. The Bertz CT molecular complexity index is 749. The number of esters is 1. The first-order chi connectivity index (χ1) is 12.3. The Labute approximate surface area is 161 Å². The summed E-state index contributed by atoms with van der Waals surface area (Å²) in [6.07, 6.45) is -0.112. The van der Waals surface area contributed by atoms with Crippen molar-refractivity contribution >= 4 is 40.8 Å². The molecule has 9 heteroatoms. The Kier molecular flexibility index (Phi) is 6.75. The van der Waals surface area contributed by atoms with Crippen molar-refractivity contribution in [3.63, 3.8) is 0 Å². The molecule has 2 N–H and O–H groups in total. The number of aliphatic hydroxyl groups is 1. The number of benzene rings is 1. The maximum absolute atomic E-state index is 12.6. The summed E-state index contributed by atoms with van der Waals surface area (Å²) in [4.78, 5) is 25.9. The maximum atomic E-state index is 12.6. The van der Waals surface area contributed by atoms with Crippen LogP contribution in [-0.2, 0) is 14.3 Å². The summed E-state index contributed by atoms with van der Waals surface area (Å²) >= 11 is 12.3. The van der Waals surface area contributed by atoms with Gasteiger partial charge in [-0.05, 0) is 19.9 Å². The molecular weight excluding hydrogens is 383 g/mol. The summed E-state index contributed by atoms with van der Waals surface area (Å²) in [5.41, 5.74) is 0.565. The molecule has 0 aromatic heterocycles. The summed E-state index contributed by atoms with van der Waals surface area (Å²) in [6, 6.07) is 3.06. The second-order valence-corrected chi connectivity index (χ2v) is 6.66. The Balaban J connectivity index is 2.40. The van der Waals surface area contributed by atoms with Crippen LogP contribution in [0.15, 0.2) is 23.4 Å². The van der Waals surface area contributed by atoms with E-state index in [1.54, 1.807) is 6.07 Å². The van der Waals surface area contributed by atoms with Gasteiger partial charge < -0.3 is 24.8 Å². The van der Waals surface area contributed by atoms with Crippen LogP contribution < -0.4 is 10.1 Å². The van der Waals surface area contributed by atoms with Crippen LogP contribution in [0.1, 0.15) is 13.8 Å². The summed E-state index contributed by atoms with van der Waals surface area (Å²) in [5.74, 6) is -0.673. The van der Waals surface area contributed by atoms with Crippen LogP contribution in [0, 0.1) is 0 Å². The van der Waals surface area contributed by atoms with Gasteiger partial charge in [-0.3, -0.25) is 4.79 Å². The molecule has 1 aliphatic rings. The number of nitrogens with zero attached hydrogens (tertiary/aromatic N) is 1. The van der Waals surface area contributed by atoms with Crippen LogP contribution in [-0.4, -0.2) is 54.8 Å². The molecule has 1 heterocycles. The Hall–Kier alpha value is -1.96. The van der Waals surface area contributed by atoms with Crippen molar-refractivity contribution in [2.24, 2.45) is 0 Å². The minimum atomic E-state index is -0.634. The lowest BCUT2D eigenvalue weighted by Gasteiger charge is -2.17. The van der Waals surface area contributed by atoms with Crippen LogP contribution in [0.25, 0.3) is 0 Å². The second-order valence-electron chi connectivity index (χ2n) is 5.85. The number of aliphatic hydroxyl groups excluding tert-OH is 1. The van der Waals surface area contributed by atoms with Gasteiger partial charge in [0.25, 0.3) is 5.91 Å². The quantitative estimate of drug-likeness (QED) is 0.681. The molecule has 1 amide bonds. The van der Waals surface area contributed by atoms with E-state index in [0.29, 0.717) is 16.5 Å². The van der Waals surface area contributed by atoms with E-state index in [0.717, 1.165) is 0 Å².